The van der Waals surface area contributed by atoms with Crippen LogP contribution in [0.2, 0.25) is 0 Å². The maximum absolute atomic E-state index is 12.3. The van der Waals surface area contributed by atoms with Crippen LogP contribution in [0.1, 0.15) is 21.6 Å². The topological polar surface area (TPSA) is 75.3 Å². The van der Waals surface area contributed by atoms with Crippen LogP contribution in [0.15, 0.2) is 48.5 Å². The van der Waals surface area contributed by atoms with Crippen LogP contribution in [-0.2, 0) is 6.54 Å². The van der Waals surface area contributed by atoms with Gasteiger partial charge in [-0.2, -0.15) is 14.0 Å². The van der Waals surface area contributed by atoms with Crippen molar-refractivity contribution in [3.8, 4) is 11.8 Å². The minimum absolute atomic E-state index is 0.00704. The molecular weight excluding hydrogens is 330 g/mol. The van der Waals surface area contributed by atoms with Crippen molar-refractivity contribution in [3.63, 3.8) is 0 Å². The Morgan fingerprint density at radius 1 is 1.24 bits per heavy atom. The molecule has 0 aliphatic carbocycles. The van der Waals surface area contributed by atoms with Crippen molar-refractivity contribution in [1.82, 2.24) is 4.57 Å². The third-order valence-corrected chi connectivity index (χ3v) is 3.71. The summed E-state index contributed by atoms with van der Waals surface area (Å²) >= 11 is 0. The molecule has 126 valence electrons. The molecule has 2 aromatic carbocycles. The van der Waals surface area contributed by atoms with Gasteiger partial charge in [-0.3, -0.25) is 0 Å². The van der Waals surface area contributed by atoms with Gasteiger partial charge in [0.25, 0.3) is 0 Å². The molecule has 0 atom stereocenters. The zero-order valence-corrected chi connectivity index (χ0v) is 12.8. The van der Waals surface area contributed by atoms with Crippen LogP contribution in [0.4, 0.5) is 8.78 Å². The van der Waals surface area contributed by atoms with Crippen molar-refractivity contribution >= 4 is 16.9 Å². The average Bonchev–Trinajstić information content (AvgIpc) is 2.92. The number of halogens is 2. The van der Waals surface area contributed by atoms with E-state index in [4.69, 9.17) is 5.26 Å². The minimum atomic E-state index is -2.93. The van der Waals surface area contributed by atoms with Crippen LogP contribution < -0.4 is 4.74 Å². The Kier molecular flexibility index (Phi) is 4.35. The first-order valence-corrected chi connectivity index (χ1v) is 7.28. The lowest BCUT2D eigenvalue weighted by molar-refractivity contribution is -0.0498. The van der Waals surface area contributed by atoms with Crippen LogP contribution in [0.3, 0.4) is 0 Å². The van der Waals surface area contributed by atoms with Gasteiger partial charge in [-0.25, -0.2) is 4.79 Å². The average molecular weight is 342 g/mol. The Morgan fingerprint density at radius 3 is 2.72 bits per heavy atom. The minimum Gasteiger partial charge on any atom is -0.477 e. The lowest BCUT2D eigenvalue weighted by Crippen LogP contribution is -2.09. The monoisotopic (exact) mass is 342 g/mol. The summed E-state index contributed by atoms with van der Waals surface area (Å²) in [6, 6.07) is 14.5. The van der Waals surface area contributed by atoms with Gasteiger partial charge in [-0.15, -0.1) is 0 Å². The Morgan fingerprint density at radius 2 is 2.04 bits per heavy atom. The number of fused-ring (bicyclic) bond motifs is 1. The normalized spacial score (nSPS) is 10.8. The standard InChI is InChI=1S/C18H12F2N2O3/c19-18(20)25-14-3-1-2-12(7-14)10-22-15-5-4-11(9-21)6-13(15)8-16(22)17(23)24/h1-8,18H,10H2,(H,23,24). The second-order valence-electron chi connectivity index (χ2n) is 5.33. The zero-order valence-electron chi connectivity index (χ0n) is 12.8. The number of rotatable bonds is 5. The summed E-state index contributed by atoms with van der Waals surface area (Å²) in [6.07, 6.45) is 0. The van der Waals surface area contributed by atoms with E-state index in [0.717, 1.165) is 0 Å². The van der Waals surface area contributed by atoms with Crippen LogP contribution in [0.5, 0.6) is 5.75 Å². The number of carbonyl (C=O) groups is 1. The fourth-order valence-electron chi connectivity index (χ4n) is 2.69. The number of alkyl halides is 2. The Labute approximate surface area is 141 Å². The first-order chi connectivity index (χ1) is 12.0. The van der Waals surface area contributed by atoms with Gasteiger partial charge in [0.2, 0.25) is 0 Å². The van der Waals surface area contributed by atoms with E-state index < -0.39 is 12.6 Å². The Balaban J connectivity index is 2.04. The summed E-state index contributed by atoms with van der Waals surface area (Å²) in [6.45, 7) is -2.76. The van der Waals surface area contributed by atoms with Gasteiger partial charge in [-0.05, 0) is 42.0 Å². The molecule has 5 nitrogen and oxygen atoms in total. The van der Waals surface area contributed by atoms with Crippen LogP contribution in [-0.4, -0.2) is 22.3 Å². The summed E-state index contributed by atoms with van der Waals surface area (Å²) in [5, 5.41) is 19.0. The van der Waals surface area contributed by atoms with Crippen LogP contribution in [0, 0.1) is 11.3 Å². The number of carboxylic acids is 1. The molecule has 0 fully saturated rings. The predicted octanol–water partition coefficient (Wildman–Crippen LogP) is 3.86. The number of ether oxygens (including phenoxy) is 1. The molecule has 0 radical (unpaired) electrons. The quantitative estimate of drug-likeness (QED) is 0.764. The molecule has 0 saturated heterocycles. The fourth-order valence-corrected chi connectivity index (χ4v) is 2.69. The van der Waals surface area contributed by atoms with Gasteiger partial charge >= 0.3 is 12.6 Å². The molecule has 1 aromatic heterocycles. The molecule has 3 aromatic rings. The summed E-state index contributed by atoms with van der Waals surface area (Å²) in [5.74, 6) is -1.11. The Bertz CT molecular complexity index is 990. The maximum Gasteiger partial charge on any atom is 0.387 e. The Hall–Kier alpha value is -3.40. The molecule has 0 amide bonds. The van der Waals surface area contributed by atoms with Crippen molar-refractivity contribution in [2.75, 3.05) is 0 Å². The van der Waals surface area contributed by atoms with Gasteiger partial charge in [0.15, 0.2) is 0 Å². The smallest absolute Gasteiger partial charge is 0.387 e. The molecule has 3 rings (SSSR count). The molecule has 7 heteroatoms. The maximum atomic E-state index is 12.3. The van der Waals surface area contributed by atoms with Gasteiger partial charge in [0.1, 0.15) is 11.4 Å². The highest BCUT2D eigenvalue weighted by atomic mass is 19.3. The molecular formula is C18H12F2N2O3. The van der Waals surface area contributed by atoms with Crippen LogP contribution >= 0.6 is 0 Å². The highest BCUT2D eigenvalue weighted by Crippen LogP contribution is 2.24. The second kappa shape index (κ2) is 6.61. The largest absolute Gasteiger partial charge is 0.477 e. The van der Waals surface area contributed by atoms with E-state index in [-0.39, 0.29) is 18.0 Å². The van der Waals surface area contributed by atoms with Gasteiger partial charge in [-0.1, -0.05) is 12.1 Å². The van der Waals surface area contributed by atoms with E-state index in [1.54, 1.807) is 34.9 Å². The summed E-state index contributed by atoms with van der Waals surface area (Å²) in [7, 11) is 0. The van der Waals surface area contributed by atoms with Crippen molar-refractivity contribution in [2.24, 2.45) is 0 Å². The predicted molar refractivity (Wildman–Crippen MR) is 85.8 cm³/mol. The number of nitrogens with zero attached hydrogens (tertiary/aromatic N) is 2. The van der Waals surface area contributed by atoms with E-state index in [9.17, 15) is 18.7 Å². The van der Waals surface area contributed by atoms with E-state index in [0.29, 0.717) is 22.0 Å². The molecule has 0 aliphatic heterocycles. The highest BCUT2D eigenvalue weighted by Gasteiger charge is 2.16. The number of hydrogen-bond donors (Lipinski definition) is 1. The molecule has 1 N–H and O–H groups in total. The van der Waals surface area contributed by atoms with Crippen molar-refractivity contribution in [1.29, 1.82) is 5.26 Å². The number of carboxylic acid groups (broad SMARTS) is 1. The SMILES string of the molecule is N#Cc1ccc2c(c1)cc(C(=O)O)n2Cc1cccc(OC(F)F)c1. The fraction of sp³-hybridized carbons (Fsp3) is 0.111. The summed E-state index contributed by atoms with van der Waals surface area (Å²) < 4.78 is 30.6. The van der Waals surface area contributed by atoms with Gasteiger partial charge < -0.3 is 14.4 Å². The third-order valence-electron chi connectivity index (χ3n) is 3.71. The lowest BCUT2D eigenvalue weighted by Gasteiger charge is -2.10. The molecule has 0 aliphatic rings. The number of aromatic nitrogens is 1. The van der Waals surface area contributed by atoms with Crippen molar-refractivity contribution in [3.05, 3.63) is 65.4 Å². The van der Waals surface area contributed by atoms with Crippen molar-refractivity contribution in [2.45, 2.75) is 13.2 Å². The number of aromatic carboxylic acids is 1. The molecule has 0 saturated carbocycles. The van der Waals surface area contributed by atoms with E-state index in [1.807, 2.05) is 6.07 Å². The molecule has 0 unspecified atom stereocenters. The van der Waals surface area contributed by atoms with Gasteiger partial charge in [0.05, 0.1) is 11.6 Å². The van der Waals surface area contributed by atoms with Gasteiger partial charge in [0, 0.05) is 17.4 Å². The zero-order chi connectivity index (χ0) is 18.0. The molecule has 25 heavy (non-hydrogen) atoms. The number of benzene rings is 2. The summed E-state index contributed by atoms with van der Waals surface area (Å²) in [4.78, 5) is 11.5. The summed E-state index contributed by atoms with van der Waals surface area (Å²) in [5.41, 5.74) is 1.72. The first kappa shape index (κ1) is 16.5. The first-order valence-electron chi connectivity index (χ1n) is 7.28. The number of nitriles is 1. The van der Waals surface area contributed by atoms with E-state index in [2.05, 4.69) is 4.74 Å². The molecule has 0 bridgehead atoms. The van der Waals surface area contributed by atoms with Crippen LogP contribution in [0.25, 0.3) is 10.9 Å². The third kappa shape index (κ3) is 3.43. The van der Waals surface area contributed by atoms with E-state index in [1.165, 1.54) is 18.2 Å². The molecule has 1 heterocycles. The highest BCUT2D eigenvalue weighted by molar-refractivity contribution is 5.95. The van der Waals surface area contributed by atoms with E-state index >= 15 is 0 Å². The lowest BCUT2D eigenvalue weighted by atomic mass is 10.1. The molecule has 0 spiro atoms. The van der Waals surface area contributed by atoms with Crippen molar-refractivity contribution < 1.29 is 23.4 Å². The second-order valence-corrected chi connectivity index (χ2v) is 5.33. The number of hydrogen-bond acceptors (Lipinski definition) is 3.